The molecule has 2 N–H and O–H groups in total. The highest BCUT2D eigenvalue weighted by molar-refractivity contribution is 7.89. The molecule has 2 saturated heterocycles. The number of anilines is 1. The third-order valence-electron chi connectivity index (χ3n) is 7.54. The number of hydrogen-bond donors (Lipinski definition) is 2. The first-order chi connectivity index (χ1) is 18.3. The van der Waals surface area contributed by atoms with Gasteiger partial charge in [-0.15, -0.1) is 0 Å². The van der Waals surface area contributed by atoms with Gasteiger partial charge in [-0.2, -0.15) is 0 Å². The molecule has 8 nitrogen and oxygen atoms in total. The molecule has 0 unspecified atom stereocenters. The number of benzene rings is 3. The fourth-order valence-electron chi connectivity index (χ4n) is 5.39. The van der Waals surface area contributed by atoms with Crippen LogP contribution in [0.4, 0.5) is 5.69 Å². The third-order valence-corrected chi connectivity index (χ3v) is 9.12. The predicted octanol–water partition coefficient (Wildman–Crippen LogP) is 3.77. The lowest BCUT2D eigenvalue weighted by atomic mass is 10.1. The summed E-state index contributed by atoms with van der Waals surface area (Å²) in [6, 6.07) is 17.5. The molecule has 0 saturated carbocycles. The van der Waals surface area contributed by atoms with Gasteiger partial charge in [-0.1, -0.05) is 42.5 Å². The largest absolute Gasteiger partial charge is 0.341 e. The van der Waals surface area contributed by atoms with Crippen molar-refractivity contribution >= 4 is 38.3 Å². The molecule has 0 aliphatic carbocycles. The van der Waals surface area contributed by atoms with Gasteiger partial charge >= 0.3 is 0 Å². The molecule has 2 aliphatic heterocycles. The Hall–Kier alpha value is -3.27. The van der Waals surface area contributed by atoms with Gasteiger partial charge in [0.25, 0.3) is 5.91 Å². The van der Waals surface area contributed by atoms with E-state index in [0.29, 0.717) is 54.5 Å². The van der Waals surface area contributed by atoms with Crippen LogP contribution in [0.3, 0.4) is 0 Å². The molecule has 2 aliphatic rings. The third kappa shape index (κ3) is 5.75. The van der Waals surface area contributed by atoms with Gasteiger partial charge < -0.3 is 10.2 Å². The number of nitrogens with one attached hydrogen (secondary N) is 2. The molecule has 0 atom stereocenters. The van der Waals surface area contributed by atoms with E-state index in [1.165, 1.54) is 0 Å². The lowest BCUT2D eigenvalue weighted by molar-refractivity contribution is -0.133. The maximum absolute atomic E-state index is 13.5. The van der Waals surface area contributed by atoms with E-state index >= 15 is 0 Å². The Morgan fingerprint density at radius 2 is 1.53 bits per heavy atom. The summed E-state index contributed by atoms with van der Waals surface area (Å²) in [6.07, 6.45) is 3.44. The van der Waals surface area contributed by atoms with Crippen LogP contribution >= 0.6 is 0 Å². The Balaban J connectivity index is 1.28. The Morgan fingerprint density at radius 3 is 2.24 bits per heavy atom. The number of amides is 2. The summed E-state index contributed by atoms with van der Waals surface area (Å²) < 4.78 is 29.8. The number of carbonyl (C=O) groups excluding carboxylic acids is 2. The summed E-state index contributed by atoms with van der Waals surface area (Å²) in [5.74, 6) is -0.115. The number of aryl methyl sites for hydroxylation is 1. The molecule has 2 heterocycles. The Morgan fingerprint density at radius 1 is 0.868 bits per heavy atom. The first kappa shape index (κ1) is 26.3. The summed E-state index contributed by atoms with van der Waals surface area (Å²) in [5, 5.41) is 4.14. The van der Waals surface area contributed by atoms with Crippen LogP contribution in [0.15, 0.2) is 65.6 Å². The van der Waals surface area contributed by atoms with Gasteiger partial charge in [-0.25, -0.2) is 13.1 Å². The highest BCUT2D eigenvalue weighted by Crippen LogP contribution is 2.30. The number of fused-ring (bicyclic) bond motifs is 1. The van der Waals surface area contributed by atoms with E-state index in [1.807, 2.05) is 42.2 Å². The Kier molecular flexibility index (Phi) is 7.78. The van der Waals surface area contributed by atoms with Crippen LogP contribution in [0.1, 0.15) is 41.6 Å². The van der Waals surface area contributed by atoms with Crippen LogP contribution in [0.2, 0.25) is 0 Å². The monoisotopic (exact) mass is 534 g/mol. The summed E-state index contributed by atoms with van der Waals surface area (Å²) in [7, 11) is -3.82. The van der Waals surface area contributed by atoms with Crippen molar-refractivity contribution in [1.29, 1.82) is 0 Å². The van der Waals surface area contributed by atoms with Gasteiger partial charge in [0.05, 0.1) is 11.4 Å². The van der Waals surface area contributed by atoms with Crippen molar-refractivity contribution < 1.29 is 18.0 Å². The van der Waals surface area contributed by atoms with E-state index in [4.69, 9.17) is 0 Å². The molecular weight excluding hydrogens is 500 g/mol. The van der Waals surface area contributed by atoms with E-state index in [0.717, 1.165) is 31.5 Å². The van der Waals surface area contributed by atoms with Crippen molar-refractivity contribution in [3.8, 4) is 0 Å². The number of carbonyl (C=O) groups is 2. The zero-order chi connectivity index (χ0) is 26.7. The van der Waals surface area contributed by atoms with Crippen LogP contribution in [0.25, 0.3) is 10.8 Å². The van der Waals surface area contributed by atoms with Crippen molar-refractivity contribution in [3.05, 3.63) is 71.8 Å². The molecule has 3 aromatic rings. The molecular formula is C29H34N4O4S. The van der Waals surface area contributed by atoms with Gasteiger partial charge in [0, 0.05) is 41.2 Å². The second-order valence-electron chi connectivity index (χ2n) is 10.2. The van der Waals surface area contributed by atoms with E-state index in [9.17, 15) is 18.0 Å². The minimum absolute atomic E-state index is 0.127. The van der Waals surface area contributed by atoms with Gasteiger partial charge in [0.2, 0.25) is 15.9 Å². The number of likely N-dealkylation sites (tertiary alicyclic amines) is 2. The number of piperidine rings is 1. The standard InChI is InChI=1S/C29H34N4O4S/c1-21-8-2-3-9-23(21)29(35)30-26-12-13-27(25-11-5-4-10-24(25)26)38(36,37)31-22-14-18-33(19-15-22)28(34)20-32-16-6-7-17-32/h2-5,8-13,22,31H,6-7,14-20H2,1H3,(H,30,35). The molecule has 3 aromatic carbocycles. The number of nitrogens with zero attached hydrogens (tertiary/aromatic N) is 2. The molecule has 38 heavy (non-hydrogen) atoms. The molecule has 5 rings (SSSR count). The number of sulfonamides is 1. The first-order valence-corrected chi connectivity index (χ1v) is 14.7. The normalized spacial score (nSPS) is 17.1. The van der Waals surface area contributed by atoms with Crippen LogP contribution in [-0.2, 0) is 14.8 Å². The first-order valence-electron chi connectivity index (χ1n) is 13.2. The van der Waals surface area contributed by atoms with E-state index in [-0.39, 0.29) is 22.8 Å². The van der Waals surface area contributed by atoms with Gasteiger partial charge in [-0.3, -0.25) is 14.5 Å². The summed E-state index contributed by atoms with van der Waals surface area (Å²) >= 11 is 0. The molecule has 2 fully saturated rings. The maximum atomic E-state index is 13.5. The molecule has 2 amide bonds. The molecule has 200 valence electrons. The smallest absolute Gasteiger partial charge is 0.255 e. The van der Waals surface area contributed by atoms with Crippen LogP contribution < -0.4 is 10.0 Å². The van der Waals surface area contributed by atoms with E-state index in [2.05, 4.69) is 14.9 Å². The van der Waals surface area contributed by atoms with Crippen molar-refractivity contribution in [2.75, 3.05) is 38.0 Å². The Labute approximate surface area is 224 Å². The average molecular weight is 535 g/mol. The zero-order valence-corrected chi connectivity index (χ0v) is 22.5. The van der Waals surface area contributed by atoms with Crippen molar-refractivity contribution in [3.63, 3.8) is 0 Å². The molecule has 0 bridgehead atoms. The minimum Gasteiger partial charge on any atom is -0.341 e. The minimum atomic E-state index is -3.82. The topological polar surface area (TPSA) is 98.8 Å². The highest BCUT2D eigenvalue weighted by atomic mass is 32.2. The van der Waals surface area contributed by atoms with Crippen molar-refractivity contribution in [2.24, 2.45) is 0 Å². The maximum Gasteiger partial charge on any atom is 0.255 e. The zero-order valence-electron chi connectivity index (χ0n) is 21.7. The molecule has 0 radical (unpaired) electrons. The van der Waals surface area contributed by atoms with Crippen LogP contribution in [0.5, 0.6) is 0 Å². The quantitative estimate of drug-likeness (QED) is 0.481. The van der Waals surface area contributed by atoms with Crippen LogP contribution in [0, 0.1) is 6.92 Å². The van der Waals surface area contributed by atoms with Crippen molar-refractivity contribution in [2.45, 2.75) is 43.5 Å². The van der Waals surface area contributed by atoms with E-state index < -0.39 is 10.0 Å². The average Bonchev–Trinajstić information content (AvgIpc) is 3.42. The van der Waals surface area contributed by atoms with Gasteiger partial charge in [0.15, 0.2) is 0 Å². The van der Waals surface area contributed by atoms with Crippen molar-refractivity contribution in [1.82, 2.24) is 14.5 Å². The second-order valence-corrected chi connectivity index (χ2v) is 11.9. The Bertz CT molecular complexity index is 1440. The summed E-state index contributed by atoms with van der Waals surface area (Å²) in [4.78, 5) is 29.8. The molecule has 0 aromatic heterocycles. The predicted molar refractivity (Wildman–Crippen MR) is 149 cm³/mol. The lowest BCUT2D eigenvalue weighted by Crippen LogP contribution is -2.48. The van der Waals surface area contributed by atoms with Gasteiger partial charge in [-0.05, 0) is 69.5 Å². The fraction of sp³-hybridized carbons (Fsp3) is 0.379. The molecule has 0 spiro atoms. The number of hydrogen-bond acceptors (Lipinski definition) is 5. The number of rotatable bonds is 7. The lowest BCUT2D eigenvalue weighted by Gasteiger charge is -2.33. The van der Waals surface area contributed by atoms with E-state index in [1.54, 1.807) is 30.3 Å². The SMILES string of the molecule is Cc1ccccc1C(=O)Nc1ccc(S(=O)(=O)NC2CCN(C(=O)CN3CCCC3)CC2)c2ccccc12. The van der Waals surface area contributed by atoms with Gasteiger partial charge in [0.1, 0.15) is 0 Å². The van der Waals surface area contributed by atoms with Crippen LogP contribution in [-0.4, -0.2) is 68.8 Å². The fourth-order valence-corrected chi connectivity index (χ4v) is 6.91. The highest BCUT2D eigenvalue weighted by Gasteiger charge is 2.29. The second kappa shape index (κ2) is 11.2. The molecule has 9 heteroatoms. The summed E-state index contributed by atoms with van der Waals surface area (Å²) in [5.41, 5.74) is 1.99. The summed E-state index contributed by atoms with van der Waals surface area (Å²) in [6.45, 7) is 5.38.